The number of morpholine rings is 1. The third kappa shape index (κ3) is 5.22. The van der Waals surface area contributed by atoms with E-state index >= 15 is 0 Å². The molecule has 1 aromatic heterocycles. The van der Waals surface area contributed by atoms with E-state index in [0.29, 0.717) is 24.7 Å². The molecule has 5 nitrogen and oxygen atoms in total. The van der Waals surface area contributed by atoms with Crippen molar-refractivity contribution in [3.63, 3.8) is 0 Å². The average Bonchev–Trinajstić information content (AvgIpc) is 3.28. The molecule has 1 amide bonds. The molecule has 1 aliphatic rings. The van der Waals surface area contributed by atoms with Crippen LogP contribution < -0.4 is 5.32 Å². The van der Waals surface area contributed by atoms with E-state index < -0.39 is 0 Å². The summed E-state index contributed by atoms with van der Waals surface area (Å²) in [5, 5.41) is 6.66. The van der Waals surface area contributed by atoms with E-state index in [4.69, 9.17) is 16.3 Å². The zero-order valence-electron chi connectivity index (χ0n) is 15.8. The summed E-state index contributed by atoms with van der Waals surface area (Å²) in [6, 6.07) is 17.4. The van der Waals surface area contributed by atoms with Gasteiger partial charge in [-0.3, -0.25) is 9.69 Å². The molecule has 150 valence electrons. The van der Waals surface area contributed by atoms with Crippen LogP contribution in [-0.4, -0.2) is 42.0 Å². The lowest BCUT2D eigenvalue weighted by atomic mass is 10.1. The number of aromatic nitrogens is 1. The predicted molar refractivity (Wildman–Crippen MR) is 115 cm³/mol. The van der Waals surface area contributed by atoms with Crippen LogP contribution in [0.5, 0.6) is 0 Å². The zero-order chi connectivity index (χ0) is 20.1. The van der Waals surface area contributed by atoms with Gasteiger partial charge in [0.25, 0.3) is 0 Å². The van der Waals surface area contributed by atoms with Gasteiger partial charge in [0.1, 0.15) is 11.0 Å². The minimum atomic E-state index is -0.239. The van der Waals surface area contributed by atoms with Crippen molar-refractivity contribution in [1.82, 2.24) is 15.2 Å². The van der Waals surface area contributed by atoms with Crippen molar-refractivity contribution in [3.8, 4) is 0 Å². The second-order valence-corrected chi connectivity index (χ2v) is 8.29. The van der Waals surface area contributed by atoms with Gasteiger partial charge >= 0.3 is 0 Å². The highest BCUT2D eigenvalue weighted by Gasteiger charge is 2.25. The van der Waals surface area contributed by atoms with Gasteiger partial charge in [0, 0.05) is 29.7 Å². The van der Waals surface area contributed by atoms with Gasteiger partial charge in [-0.05, 0) is 23.3 Å². The monoisotopic (exact) mass is 427 g/mol. The molecule has 2 aromatic carbocycles. The van der Waals surface area contributed by atoms with Gasteiger partial charge in [0.15, 0.2) is 0 Å². The van der Waals surface area contributed by atoms with Gasteiger partial charge in [0.05, 0.1) is 19.3 Å². The number of carbonyl (C=O) groups excluding carboxylic acids is 1. The Balaban J connectivity index is 1.40. The summed E-state index contributed by atoms with van der Waals surface area (Å²) >= 11 is 7.52. The molecule has 0 radical (unpaired) electrons. The van der Waals surface area contributed by atoms with E-state index in [1.165, 1.54) is 0 Å². The lowest BCUT2D eigenvalue weighted by Crippen LogP contribution is -2.45. The molecular weight excluding hydrogens is 406 g/mol. The summed E-state index contributed by atoms with van der Waals surface area (Å²) < 4.78 is 5.90. The standard InChI is InChI=1S/C22H22ClN3O2S/c23-18-8-6-16(7-9-18)19-14-26(11-12-28-19)15-20(27)25-21(22-24-10-13-29-22)17-4-2-1-3-5-17/h1-10,13,19,21H,11-12,14-15H2,(H,25,27). The quantitative estimate of drug-likeness (QED) is 0.644. The first kappa shape index (κ1) is 20.0. The third-order valence-corrected chi connectivity index (χ3v) is 5.99. The van der Waals surface area contributed by atoms with Crippen LogP contribution in [0.3, 0.4) is 0 Å². The van der Waals surface area contributed by atoms with E-state index in [1.807, 2.05) is 60.0 Å². The number of rotatable bonds is 6. The lowest BCUT2D eigenvalue weighted by Gasteiger charge is -2.33. The Hall–Kier alpha value is -2.25. The highest BCUT2D eigenvalue weighted by atomic mass is 35.5. The molecule has 1 aliphatic heterocycles. The predicted octanol–water partition coefficient (Wildman–Crippen LogP) is 4.08. The van der Waals surface area contributed by atoms with E-state index in [9.17, 15) is 4.79 Å². The summed E-state index contributed by atoms with van der Waals surface area (Å²) in [6.07, 6.45) is 1.71. The second-order valence-electron chi connectivity index (χ2n) is 6.93. The van der Waals surface area contributed by atoms with Crippen molar-refractivity contribution in [3.05, 3.63) is 87.3 Å². The maximum Gasteiger partial charge on any atom is 0.235 e. The van der Waals surface area contributed by atoms with Crippen LogP contribution >= 0.6 is 22.9 Å². The maximum absolute atomic E-state index is 12.8. The van der Waals surface area contributed by atoms with Gasteiger partial charge in [-0.15, -0.1) is 11.3 Å². The smallest absolute Gasteiger partial charge is 0.235 e. The molecule has 0 saturated carbocycles. The van der Waals surface area contributed by atoms with Crippen molar-refractivity contribution in [1.29, 1.82) is 0 Å². The molecule has 3 aromatic rings. The van der Waals surface area contributed by atoms with Crippen LogP contribution in [0.4, 0.5) is 0 Å². The minimum absolute atomic E-state index is 0.0224. The largest absolute Gasteiger partial charge is 0.371 e. The van der Waals surface area contributed by atoms with Gasteiger partial charge in [0.2, 0.25) is 5.91 Å². The number of nitrogens with zero attached hydrogens (tertiary/aromatic N) is 2. The first-order chi connectivity index (χ1) is 14.2. The Morgan fingerprint density at radius 2 is 2.03 bits per heavy atom. The topological polar surface area (TPSA) is 54.5 Å². The normalized spacial score (nSPS) is 18.3. The first-order valence-corrected chi connectivity index (χ1v) is 10.8. The molecule has 0 spiro atoms. The fourth-order valence-corrected chi connectivity index (χ4v) is 4.29. The summed E-state index contributed by atoms with van der Waals surface area (Å²) in [4.78, 5) is 19.4. The van der Waals surface area contributed by atoms with Crippen molar-refractivity contribution in [2.45, 2.75) is 12.1 Å². The summed E-state index contributed by atoms with van der Waals surface area (Å²) in [7, 11) is 0. The number of halogens is 1. The van der Waals surface area contributed by atoms with Gasteiger partial charge in [-0.1, -0.05) is 54.1 Å². The SMILES string of the molecule is O=C(CN1CCOC(c2ccc(Cl)cc2)C1)NC(c1ccccc1)c1nccs1. The third-order valence-electron chi connectivity index (χ3n) is 4.90. The van der Waals surface area contributed by atoms with Crippen LogP contribution in [0, 0.1) is 0 Å². The Bertz CT molecular complexity index is 919. The van der Waals surface area contributed by atoms with Crippen molar-refractivity contribution in [2.75, 3.05) is 26.2 Å². The van der Waals surface area contributed by atoms with Crippen molar-refractivity contribution in [2.24, 2.45) is 0 Å². The van der Waals surface area contributed by atoms with E-state index in [-0.39, 0.29) is 18.1 Å². The van der Waals surface area contributed by atoms with Crippen molar-refractivity contribution < 1.29 is 9.53 Å². The first-order valence-electron chi connectivity index (χ1n) is 9.52. The summed E-state index contributed by atoms with van der Waals surface area (Å²) in [5.41, 5.74) is 2.10. The van der Waals surface area contributed by atoms with E-state index in [0.717, 1.165) is 22.7 Å². The molecule has 2 heterocycles. The van der Waals surface area contributed by atoms with Crippen LogP contribution in [0.25, 0.3) is 0 Å². The summed E-state index contributed by atoms with van der Waals surface area (Å²) in [5.74, 6) is -0.0224. The Labute approximate surface area is 179 Å². The van der Waals surface area contributed by atoms with Crippen LogP contribution in [0.15, 0.2) is 66.2 Å². The number of benzene rings is 2. The Morgan fingerprint density at radius 3 is 2.76 bits per heavy atom. The minimum Gasteiger partial charge on any atom is -0.371 e. The van der Waals surface area contributed by atoms with Gasteiger partial charge in [-0.25, -0.2) is 4.98 Å². The van der Waals surface area contributed by atoms with Crippen LogP contribution in [0.2, 0.25) is 5.02 Å². The molecule has 2 unspecified atom stereocenters. The van der Waals surface area contributed by atoms with Gasteiger partial charge in [-0.2, -0.15) is 0 Å². The molecule has 2 atom stereocenters. The molecule has 7 heteroatoms. The zero-order valence-corrected chi connectivity index (χ0v) is 17.4. The number of hydrogen-bond donors (Lipinski definition) is 1. The van der Waals surface area contributed by atoms with Crippen molar-refractivity contribution >= 4 is 28.8 Å². The Kier molecular flexibility index (Phi) is 6.56. The number of thiazole rings is 1. The number of amides is 1. The number of hydrogen-bond acceptors (Lipinski definition) is 5. The number of carbonyl (C=O) groups is 1. The number of nitrogens with one attached hydrogen (secondary N) is 1. The fraction of sp³-hybridized carbons (Fsp3) is 0.273. The number of ether oxygens (including phenoxy) is 1. The molecule has 0 aliphatic carbocycles. The second kappa shape index (κ2) is 9.50. The maximum atomic E-state index is 12.8. The highest BCUT2D eigenvalue weighted by molar-refractivity contribution is 7.09. The molecule has 29 heavy (non-hydrogen) atoms. The van der Waals surface area contributed by atoms with E-state index in [2.05, 4.69) is 15.2 Å². The molecule has 4 rings (SSSR count). The lowest BCUT2D eigenvalue weighted by molar-refractivity contribution is -0.124. The van der Waals surface area contributed by atoms with Gasteiger partial charge < -0.3 is 10.1 Å². The highest BCUT2D eigenvalue weighted by Crippen LogP contribution is 2.25. The Morgan fingerprint density at radius 1 is 1.24 bits per heavy atom. The summed E-state index contributed by atoms with van der Waals surface area (Å²) in [6.45, 7) is 2.31. The fourth-order valence-electron chi connectivity index (χ4n) is 3.45. The molecule has 1 fully saturated rings. The molecule has 1 saturated heterocycles. The van der Waals surface area contributed by atoms with E-state index in [1.54, 1.807) is 17.5 Å². The molecule has 1 N–H and O–H groups in total. The molecular formula is C22H22ClN3O2S. The molecule has 0 bridgehead atoms. The van der Waals surface area contributed by atoms with Crippen LogP contribution in [0.1, 0.15) is 28.3 Å². The van der Waals surface area contributed by atoms with Crippen LogP contribution in [-0.2, 0) is 9.53 Å². The average molecular weight is 428 g/mol.